The van der Waals surface area contributed by atoms with E-state index in [-0.39, 0.29) is 59.9 Å². The van der Waals surface area contributed by atoms with E-state index in [1.807, 2.05) is 0 Å². The van der Waals surface area contributed by atoms with Gasteiger partial charge in [0.25, 0.3) is 0 Å². The number of nitrogens with zero attached hydrogens (tertiary/aromatic N) is 6. The number of hydrogen-bond acceptors (Lipinski definition) is 6. The molecule has 6 nitrogen and oxygen atoms in total. The van der Waals surface area contributed by atoms with Crippen LogP contribution in [0.5, 0.6) is 0 Å². The number of aromatic nitrogens is 2. The minimum absolute atomic E-state index is 0.00169. The molecule has 9 rings (SSSR count). The zero-order valence-corrected chi connectivity index (χ0v) is 28.1. The third kappa shape index (κ3) is 4.81. The van der Waals surface area contributed by atoms with Crippen molar-refractivity contribution in [3.63, 3.8) is 0 Å². The topological polar surface area (TPSA) is 98.1 Å². The molecular weight excluding hydrogens is 811 g/mol. The molecule has 0 aliphatic carbocycles. The molecule has 1 heterocycles. The molecule has 1 aromatic heterocycles. The third-order valence-corrected chi connectivity index (χ3v) is 9.90. The normalized spacial score (nSPS) is 12.7. The molecule has 0 aliphatic rings. The quantitative estimate of drug-likeness (QED) is 0.0751. The van der Waals surface area contributed by atoms with E-state index in [2.05, 4.69) is 20.0 Å². The first kappa shape index (κ1) is 36.9. The summed E-state index contributed by atoms with van der Waals surface area (Å²) >= 11 is 0. The van der Waals surface area contributed by atoms with E-state index in [1.54, 1.807) is 6.19 Å². The molecule has 0 saturated carbocycles. The Morgan fingerprint density at radius 3 is 1.29 bits per heavy atom. The molecule has 59 heavy (non-hydrogen) atoms. The predicted octanol–water partition coefficient (Wildman–Crippen LogP) is 10.2. The Bertz CT molecular complexity index is 3690. The van der Waals surface area contributed by atoms with E-state index in [1.165, 1.54) is 12.3 Å². The molecule has 0 aliphatic heterocycles. The summed E-state index contributed by atoms with van der Waals surface area (Å²) in [5.74, 6) is -28.5. The zero-order chi connectivity index (χ0) is 42.1. The lowest BCUT2D eigenvalue weighted by Gasteiger charge is -2.13. The first-order chi connectivity index (χ1) is 28.1. The maximum Gasteiger partial charge on any atom is 0.206 e. The lowest BCUT2D eigenvalue weighted by molar-refractivity contribution is 0.412. The molecule has 0 N–H and O–H groups in total. The Hall–Kier alpha value is -7.67. The second kappa shape index (κ2) is 12.7. The summed E-state index contributed by atoms with van der Waals surface area (Å²) in [4.78, 5) is 16.6. The number of halogens is 13. The standard InChI is InChI=1S/C40H7F13N6/c41-17-7-14(23(42)20-19(17)26(45)31(50)32(51)28(20)47)10-1-3-12-15(5-10)35(56-8-54)39-37(12)58-40-36(57-9-55)16-6-11(2-4-13(16)38(40)59-39)18-24(43)21-22(27(46)25(18)44)30(49)34(53)33(52)29(21)48/h1-7H/b56-35+,57-36+. The van der Waals surface area contributed by atoms with E-state index in [9.17, 15) is 45.6 Å². The van der Waals surface area contributed by atoms with Crippen molar-refractivity contribution in [3.05, 3.63) is 129 Å². The van der Waals surface area contributed by atoms with Gasteiger partial charge in [0.05, 0.1) is 38.1 Å². The van der Waals surface area contributed by atoms with Gasteiger partial charge in [-0.15, -0.1) is 0 Å². The fourth-order valence-electron chi connectivity index (χ4n) is 7.35. The molecule has 0 fully saturated rings. The van der Waals surface area contributed by atoms with Crippen molar-refractivity contribution < 1.29 is 57.1 Å². The largest absolute Gasteiger partial charge is 0.241 e. The highest BCUT2D eigenvalue weighted by Gasteiger charge is 2.32. The Labute approximate surface area is 316 Å². The minimum atomic E-state index is -2.51. The number of rotatable bonds is 2. The van der Waals surface area contributed by atoms with Crippen LogP contribution in [-0.2, 0) is 0 Å². The molecule has 0 atom stereocenters. The van der Waals surface area contributed by atoms with Crippen LogP contribution in [0.1, 0.15) is 0 Å². The molecule has 0 radical (unpaired) electrons. The number of nitriles is 2. The van der Waals surface area contributed by atoms with Crippen LogP contribution in [0.15, 0.2) is 52.4 Å². The summed E-state index contributed by atoms with van der Waals surface area (Å²) in [6.45, 7) is 0. The molecule has 0 amide bonds. The van der Waals surface area contributed by atoms with Gasteiger partial charge in [-0.05, 0) is 29.3 Å². The third-order valence-electron chi connectivity index (χ3n) is 9.90. The van der Waals surface area contributed by atoms with Gasteiger partial charge in [-0.2, -0.15) is 20.5 Å². The van der Waals surface area contributed by atoms with Crippen molar-refractivity contribution in [2.45, 2.75) is 0 Å². The number of hydrogen-bond donors (Lipinski definition) is 0. The van der Waals surface area contributed by atoms with Crippen LogP contribution in [0.4, 0.5) is 57.1 Å². The van der Waals surface area contributed by atoms with Crippen LogP contribution in [0.3, 0.4) is 0 Å². The number of fused-ring (bicyclic) bond motifs is 8. The fourth-order valence-corrected chi connectivity index (χ4v) is 7.35. The van der Waals surface area contributed by atoms with Gasteiger partial charge in [0.15, 0.2) is 58.2 Å². The highest BCUT2D eigenvalue weighted by Crippen LogP contribution is 2.41. The monoisotopic (exact) mass is 818 g/mol. The summed E-state index contributed by atoms with van der Waals surface area (Å²) in [6, 6.07) is 7.03. The first-order valence-corrected chi connectivity index (χ1v) is 16.2. The van der Waals surface area contributed by atoms with E-state index in [0.29, 0.717) is 6.07 Å². The minimum Gasteiger partial charge on any atom is -0.241 e. The van der Waals surface area contributed by atoms with Crippen LogP contribution in [0.25, 0.3) is 87.4 Å². The lowest BCUT2D eigenvalue weighted by atomic mass is 9.96. The molecule has 0 bridgehead atoms. The maximum absolute atomic E-state index is 15.8. The van der Waals surface area contributed by atoms with E-state index >= 15 is 22.0 Å². The van der Waals surface area contributed by atoms with Gasteiger partial charge in [-0.3, -0.25) is 0 Å². The van der Waals surface area contributed by atoms with Crippen molar-refractivity contribution in [1.82, 2.24) is 9.97 Å². The van der Waals surface area contributed by atoms with Crippen LogP contribution in [0, 0.1) is 98.5 Å². The smallest absolute Gasteiger partial charge is 0.206 e. The SMILES string of the molecule is N#C/N=c1\c2cc(-c3cc(F)c4c(F)c(F)c(F)c(F)c4c3F)ccc2c2nc3/c(=N/C#N)c4cc(-c5c(F)c(F)c6c(F)c(F)c(F)c(F)c6c5F)ccc4c3nc12. The van der Waals surface area contributed by atoms with E-state index < -0.39 is 114 Å². The summed E-state index contributed by atoms with van der Waals surface area (Å²) in [7, 11) is 0. The van der Waals surface area contributed by atoms with Gasteiger partial charge in [-0.1, -0.05) is 24.3 Å². The summed E-state index contributed by atoms with van der Waals surface area (Å²) in [5.41, 5.74) is -3.31. The van der Waals surface area contributed by atoms with Gasteiger partial charge in [0.2, 0.25) is 12.4 Å². The summed E-state index contributed by atoms with van der Waals surface area (Å²) in [6.07, 6.45) is 3.08. The van der Waals surface area contributed by atoms with Gasteiger partial charge in [0.1, 0.15) is 39.2 Å². The Morgan fingerprint density at radius 1 is 0.390 bits per heavy atom. The Balaban J connectivity index is 1.30. The second-order valence-corrected chi connectivity index (χ2v) is 12.8. The van der Waals surface area contributed by atoms with Crippen LogP contribution in [-0.4, -0.2) is 9.97 Å². The molecule has 0 spiro atoms. The molecule has 288 valence electrons. The summed E-state index contributed by atoms with van der Waals surface area (Å²) < 4.78 is 192. The Morgan fingerprint density at radius 2 is 0.797 bits per heavy atom. The molecule has 0 saturated heterocycles. The Kier molecular flexibility index (Phi) is 7.93. The van der Waals surface area contributed by atoms with Gasteiger partial charge in [-0.25, -0.2) is 67.0 Å². The average molecular weight is 819 g/mol. The van der Waals surface area contributed by atoms with Crippen molar-refractivity contribution in [2.75, 3.05) is 0 Å². The van der Waals surface area contributed by atoms with E-state index in [4.69, 9.17) is 0 Å². The highest BCUT2D eigenvalue weighted by molar-refractivity contribution is 6.16. The van der Waals surface area contributed by atoms with Crippen molar-refractivity contribution in [3.8, 4) is 34.6 Å². The van der Waals surface area contributed by atoms with Crippen LogP contribution < -0.4 is 10.7 Å². The van der Waals surface area contributed by atoms with Gasteiger partial charge < -0.3 is 0 Å². The van der Waals surface area contributed by atoms with Crippen LogP contribution >= 0.6 is 0 Å². The van der Waals surface area contributed by atoms with E-state index in [0.717, 1.165) is 30.3 Å². The summed E-state index contributed by atoms with van der Waals surface area (Å²) in [5, 5.41) is 12.2. The molecule has 9 aromatic rings. The lowest BCUT2D eigenvalue weighted by Crippen LogP contribution is -2.06. The molecular formula is C40H7F13N6. The van der Waals surface area contributed by atoms with Crippen molar-refractivity contribution >= 4 is 65.2 Å². The fraction of sp³-hybridized carbons (Fsp3) is 0. The van der Waals surface area contributed by atoms with Crippen molar-refractivity contribution in [2.24, 2.45) is 9.98 Å². The first-order valence-electron chi connectivity index (χ1n) is 16.2. The molecule has 19 heteroatoms. The van der Waals surface area contributed by atoms with Gasteiger partial charge >= 0.3 is 0 Å². The van der Waals surface area contributed by atoms with Gasteiger partial charge in [0, 0.05) is 27.1 Å². The highest BCUT2D eigenvalue weighted by atomic mass is 19.2. The van der Waals surface area contributed by atoms with Crippen molar-refractivity contribution in [1.29, 1.82) is 10.5 Å². The second-order valence-electron chi connectivity index (χ2n) is 12.8. The zero-order valence-electron chi connectivity index (χ0n) is 28.1. The number of benzene rings is 6. The molecule has 8 aromatic carbocycles. The average Bonchev–Trinajstić information content (AvgIpc) is 3.69. The molecule has 0 unspecified atom stereocenters. The predicted molar refractivity (Wildman–Crippen MR) is 182 cm³/mol. The van der Waals surface area contributed by atoms with Crippen LogP contribution in [0.2, 0.25) is 0 Å². The maximum atomic E-state index is 15.8.